The van der Waals surface area contributed by atoms with E-state index in [1.54, 1.807) is 4.68 Å². The van der Waals surface area contributed by atoms with Gasteiger partial charge in [-0.25, -0.2) is 0 Å². The number of rotatable bonds is 2. The van der Waals surface area contributed by atoms with Gasteiger partial charge in [-0.1, -0.05) is 39.7 Å². The van der Waals surface area contributed by atoms with Gasteiger partial charge in [0.25, 0.3) is 0 Å². The summed E-state index contributed by atoms with van der Waals surface area (Å²) in [6.45, 7) is 1.97. The Balaban J connectivity index is 2.27. The number of aromatic hydroxyl groups is 2. The lowest BCUT2D eigenvalue weighted by atomic mass is 9.98. The largest absolute Gasteiger partial charge is 0.507 e. The number of hydrogen-bond donors (Lipinski definition) is 2. The van der Waals surface area contributed by atoms with Gasteiger partial charge in [0.1, 0.15) is 17.2 Å². The molecule has 3 rings (SSSR count). The molecule has 0 aliphatic carbocycles. The smallest absolute Gasteiger partial charge is 0.137 e. The molecule has 0 aliphatic rings. The molecular formula is C17H14BrClN2O2. The molecule has 0 atom stereocenters. The SMILES string of the molecule is Cc1c(-c2ccc(Br)cc2)c(-c2cc(Cl)c(O)cc2O)nn1C. The number of phenols is 2. The monoisotopic (exact) mass is 392 g/mol. The molecule has 0 spiro atoms. The van der Waals surface area contributed by atoms with Gasteiger partial charge >= 0.3 is 0 Å². The summed E-state index contributed by atoms with van der Waals surface area (Å²) < 4.78 is 2.74. The molecule has 0 bridgehead atoms. The molecule has 2 N–H and O–H groups in total. The van der Waals surface area contributed by atoms with E-state index < -0.39 is 0 Å². The summed E-state index contributed by atoms with van der Waals surface area (Å²) in [5.74, 6) is -0.228. The zero-order valence-electron chi connectivity index (χ0n) is 12.5. The number of aromatic nitrogens is 2. The molecule has 0 unspecified atom stereocenters. The third-order valence-corrected chi connectivity index (χ3v) is 4.62. The summed E-state index contributed by atoms with van der Waals surface area (Å²) in [6.07, 6.45) is 0. The summed E-state index contributed by atoms with van der Waals surface area (Å²) >= 11 is 9.43. The van der Waals surface area contributed by atoms with E-state index in [0.717, 1.165) is 21.3 Å². The fraction of sp³-hybridized carbons (Fsp3) is 0.118. The molecule has 2 aromatic carbocycles. The van der Waals surface area contributed by atoms with Gasteiger partial charge in [-0.05, 0) is 30.7 Å². The van der Waals surface area contributed by atoms with Crippen LogP contribution in [-0.2, 0) is 7.05 Å². The minimum absolute atomic E-state index is 0.0663. The lowest BCUT2D eigenvalue weighted by molar-refractivity contribution is 0.452. The van der Waals surface area contributed by atoms with Gasteiger partial charge in [-0.15, -0.1) is 0 Å². The van der Waals surface area contributed by atoms with Crippen LogP contribution in [0.3, 0.4) is 0 Å². The maximum absolute atomic E-state index is 10.2. The summed E-state index contributed by atoms with van der Waals surface area (Å²) in [7, 11) is 1.85. The molecule has 3 aromatic rings. The van der Waals surface area contributed by atoms with Crippen molar-refractivity contribution in [3.63, 3.8) is 0 Å². The van der Waals surface area contributed by atoms with Crippen LogP contribution < -0.4 is 0 Å². The van der Waals surface area contributed by atoms with E-state index >= 15 is 0 Å². The fourth-order valence-corrected chi connectivity index (χ4v) is 2.93. The van der Waals surface area contributed by atoms with E-state index in [-0.39, 0.29) is 16.5 Å². The first-order valence-electron chi connectivity index (χ1n) is 6.90. The zero-order valence-corrected chi connectivity index (χ0v) is 14.9. The van der Waals surface area contributed by atoms with Crippen LogP contribution >= 0.6 is 27.5 Å². The molecule has 0 saturated carbocycles. The van der Waals surface area contributed by atoms with Crippen LogP contribution in [0.2, 0.25) is 5.02 Å². The molecule has 23 heavy (non-hydrogen) atoms. The van der Waals surface area contributed by atoms with E-state index in [1.807, 2.05) is 38.2 Å². The summed E-state index contributed by atoms with van der Waals surface area (Å²) in [5.41, 5.74) is 3.96. The highest BCUT2D eigenvalue weighted by molar-refractivity contribution is 9.10. The third kappa shape index (κ3) is 2.82. The third-order valence-electron chi connectivity index (χ3n) is 3.79. The van der Waals surface area contributed by atoms with Crippen LogP contribution in [0.15, 0.2) is 40.9 Å². The Hall–Kier alpha value is -1.98. The maximum atomic E-state index is 10.2. The average Bonchev–Trinajstić information content (AvgIpc) is 2.80. The first kappa shape index (κ1) is 15.9. The van der Waals surface area contributed by atoms with Crippen molar-refractivity contribution in [3.8, 4) is 33.9 Å². The molecule has 0 aliphatic heterocycles. The highest BCUT2D eigenvalue weighted by Gasteiger charge is 2.20. The minimum atomic E-state index is -0.161. The van der Waals surface area contributed by atoms with Crippen molar-refractivity contribution < 1.29 is 10.2 Å². The molecule has 0 saturated heterocycles. The number of hydrogen-bond acceptors (Lipinski definition) is 3. The Bertz CT molecular complexity index is 889. The van der Waals surface area contributed by atoms with Gasteiger partial charge in [-0.2, -0.15) is 5.10 Å². The van der Waals surface area contributed by atoms with Crippen LogP contribution in [0.25, 0.3) is 22.4 Å². The first-order chi connectivity index (χ1) is 10.9. The molecule has 1 aromatic heterocycles. The Kier molecular flexibility index (Phi) is 4.08. The lowest BCUT2D eigenvalue weighted by Gasteiger charge is -2.08. The topological polar surface area (TPSA) is 58.3 Å². The van der Waals surface area contributed by atoms with E-state index in [1.165, 1.54) is 12.1 Å². The Morgan fingerprint density at radius 1 is 1.09 bits per heavy atom. The Labute approximate surface area is 147 Å². The van der Waals surface area contributed by atoms with Crippen molar-refractivity contribution >= 4 is 27.5 Å². The predicted octanol–water partition coefficient (Wildman–Crippen LogP) is 4.89. The second-order valence-corrected chi connectivity index (χ2v) is 6.58. The van der Waals surface area contributed by atoms with Gasteiger partial charge in [0.05, 0.1) is 5.02 Å². The number of nitrogens with zero attached hydrogens (tertiary/aromatic N) is 2. The predicted molar refractivity (Wildman–Crippen MR) is 94.9 cm³/mol. The number of halogens is 2. The van der Waals surface area contributed by atoms with Gasteiger partial charge in [0.15, 0.2) is 0 Å². The molecular weight excluding hydrogens is 380 g/mol. The van der Waals surface area contributed by atoms with Crippen LogP contribution in [-0.4, -0.2) is 20.0 Å². The minimum Gasteiger partial charge on any atom is -0.507 e. The molecule has 1 heterocycles. The van der Waals surface area contributed by atoms with Crippen molar-refractivity contribution in [2.75, 3.05) is 0 Å². The number of phenolic OH excluding ortho intramolecular Hbond substituents is 2. The van der Waals surface area contributed by atoms with Gasteiger partial charge in [0, 0.05) is 34.4 Å². The molecule has 0 radical (unpaired) electrons. The van der Waals surface area contributed by atoms with Crippen LogP contribution in [0.5, 0.6) is 11.5 Å². The second kappa shape index (κ2) is 5.91. The number of aryl methyl sites for hydroxylation is 1. The van der Waals surface area contributed by atoms with Crippen molar-refractivity contribution in [3.05, 3.63) is 51.6 Å². The maximum Gasteiger partial charge on any atom is 0.137 e. The Morgan fingerprint density at radius 2 is 1.74 bits per heavy atom. The van der Waals surface area contributed by atoms with Crippen molar-refractivity contribution in [1.29, 1.82) is 0 Å². The van der Waals surface area contributed by atoms with Gasteiger partial charge in [0.2, 0.25) is 0 Å². The quantitative estimate of drug-likeness (QED) is 0.652. The molecule has 0 fully saturated rings. The molecule has 6 heteroatoms. The summed E-state index contributed by atoms with van der Waals surface area (Å²) in [5, 5.41) is 24.5. The van der Waals surface area contributed by atoms with E-state index in [0.29, 0.717) is 11.3 Å². The Morgan fingerprint density at radius 3 is 2.39 bits per heavy atom. The highest BCUT2D eigenvalue weighted by Crippen LogP contribution is 2.41. The lowest BCUT2D eigenvalue weighted by Crippen LogP contribution is -1.92. The fourth-order valence-electron chi connectivity index (χ4n) is 2.50. The van der Waals surface area contributed by atoms with E-state index in [4.69, 9.17) is 11.6 Å². The second-order valence-electron chi connectivity index (χ2n) is 5.26. The first-order valence-corrected chi connectivity index (χ1v) is 8.07. The standard InChI is InChI=1S/C17H14BrClN2O2/c1-9-16(10-3-5-11(18)6-4-10)17(20-21(9)2)12-7-13(19)15(23)8-14(12)22/h3-8,22-23H,1-2H3. The highest BCUT2D eigenvalue weighted by atomic mass is 79.9. The van der Waals surface area contributed by atoms with Crippen molar-refractivity contribution in [2.45, 2.75) is 6.92 Å². The van der Waals surface area contributed by atoms with E-state index in [9.17, 15) is 10.2 Å². The van der Waals surface area contributed by atoms with Crippen LogP contribution in [0.1, 0.15) is 5.69 Å². The summed E-state index contributed by atoms with van der Waals surface area (Å²) in [4.78, 5) is 0. The molecule has 4 nitrogen and oxygen atoms in total. The van der Waals surface area contributed by atoms with Crippen LogP contribution in [0.4, 0.5) is 0 Å². The van der Waals surface area contributed by atoms with E-state index in [2.05, 4.69) is 21.0 Å². The van der Waals surface area contributed by atoms with Gasteiger partial charge in [-0.3, -0.25) is 4.68 Å². The summed E-state index contributed by atoms with van der Waals surface area (Å²) in [6, 6.07) is 10.6. The number of benzene rings is 2. The van der Waals surface area contributed by atoms with Crippen molar-refractivity contribution in [2.24, 2.45) is 7.05 Å². The molecule has 0 amide bonds. The van der Waals surface area contributed by atoms with Crippen molar-refractivity contribution in [1.82, 2.24) is 9.78 Å². The normalized spacial score (nSPS) is 11.0. The van der Waals surface area contributed by atoms with Gasteiger partial charge < -0.3 is 10.2 Å². The molecule has 118 valence electrons. The zero-order chi connectivity index (χ0) is 16.7. The van der Waals surface area contributed by atoms with Crippen LogP contribution in [0, 0.1) is 6.92 Å². The average molecular weight is 394 g/mol.